The van der Waals surface area contributed by atoms with Crippen LogP contribution in [0.3, 0.4) is 0 Å². The van der Waals surface area contributed by atoms with Crippen LogP contribution >= 0.6 is 0 Å². The van der Waals surface area contributed by atoms with Crippen LogP contribution in [0.5, 0.6) is 0 Å². The Hall–Kier alpha value is -2.37. The molecule has 2 rings (SSSR count). The highest BCUT2D eigenvalue weighted by atomic mass is 16.2. The number of nitrogens with one attached hydrogen (secondary N) is 1. The van der Waals surface area contributed by atoms with E-state index in [1.54, 1.807) is 16.7 Å². The fourth-order valence-electron chi connectivity index (χ4n) is 3.51. The summed E-state index contributed by atoms with van der Waals surface area (Å²) in [7, 11) is 0. The number of carbonyl (C=O) groups is 3. The van der Waals surface area contributed by atoms with Crippen molar-refractivity contribution in [2.24, 2.45) is 5.92 Å². The molecule has 1 atom stereocenters. The van der Waals surface area contributed by atoms with Crippen LogP contribution in [0.1, 0.15) is 63.9 Å². The Labute approximate surface area is 174 Å². The predicted octanol–water partition coefficient (Wildman–Crippen LogP) is 2.82. The van der Waals surface area contributed by atoms with Crippen molar-refractivity contribution in [3.8, 4) is 0 Å². The molecule has 0 bridgehead atoms. The van der Waals surface area contributed by atoms with Gasteiger partial charge in [-0.3, -0.25) is 14.4 Å². The molecule has 1 aliphatic rings. The van der Waals surface area contributed by atoms with Crippen molar-refractivity contribution in [3.05, 3.63) is 35.4 Å². The van der Waals surface area contributed by atoms with E-state index in [0.717, 1.165) is 12.0 Å². The Morgan fingerprint density at radius 1 is 0.931 bits per heavy atom. The van der Waals surface area contributed by atoms with Crippen molar-refractivity contribution >= 4 is 17.7 Å². The van der Waals surface area contributed by atoms with Gasteiger partial charge in [-0.25, -0.2) is 0 Å². The number of hydrogen-bond donors (Lipinski definition) is 1. The van der Waals surface area contributed by atoms with Crippen LogP contribution in [0.4, 0.5) is 0 Å². The van der Waals surface area contributed by atoms with Crippen molar-refractivity contribution in [2.45, 2.75) is 59.4 Å². The van der Waals surface area contributed by atoms with Crippen molar-refractivity contribution < 1.29 is 14.4 Å². The van der Waals surface area contributed by atoms with Gasteiger partial charge in [0.2, 0.25) is 11.8 Å². The molecule has 6 nitrogen and oxygen atoms in total. The topological polar surface area (TPSA) is 69.7 Å². The smallest absolute Gasteiger partial charge is 0.251 e. The molecule has 6 heteroatoms. The molecule has 29 heavy (non-hydrogen) atoms. The zero-order chi connectivity index (χ0) is 21.8. The average Bonchev–Trinajstić information content (AvgIpc) is 2.91. The van der Waals surface area contributed by atoms with Crippen LogP contribution in [0.2, 0.25) is 0 Å². The minimum absolute atomic E-state index is 0.0198. The molecule has 1 aliphatic heterocycles. The fourth-order valence-corrected chi connectivity index (χ4v) is 3.51. The third kappa shape index (κ3) is 6.05. The molecule has 0 radical (unpaired) electrons. The molecule has 1 aromatic carbocycles. The molecular weight excluding hydrogens is 366 g/mol. The Kier molecular flexibility index (Phi) is 7.44. The van der Waals surface area contributed by atoms with Gasteiger partial charge in [0.05, 0.1) is 0 Å². The van der Waals surface area contributed by atoms with E-state index in [4.69, 9.17) is 0 Å². The second-order valence-electron chi connectivity index (χ2n) is 9.21. The summed E-state index contributed by atoms with van der Waals surface area (Å²) in [6.07, 6.45) is 0.748. The zero-order valence-electron chi connectivity index (χ0n) is 18.6. The molecule has 0 aromatic heterocycles. The van der Waals surface area contributed by atoms with Gasteiger partial charge in [-0.15, -0.1) is 0 Å². The molecule has 0 saturated carbocycles. The van der Waals surface area contributed by atoms with Gasteiger partial charge in [-0.2, -0.15) is 0 Å². The summed E-state index contributed by atoms with van der Waals surface area (Å²) in [5.41, 5.74) is 1.73. The van der Waals surface area contributed by atoms with E-state index in [1.165, 1.54) is 0 Å². The van der Waals surface area contributed by atoms with Gasteiger partial charge in [0.15, 0.2) is 0 Å². The fraction of sp³-hybridized carbons (Fsp3) is 0.609. The summed E-state index contributed by atoms with van der Waals surface area (Å²) >= 11 is 0. The number of benzene rings is 1. The number of hydrogen-bond acceptors (Lipinski definition) is 3. The van der Waals surface area contributed by atoms with Crippen molar-refractivity contribution in [1.82, 2.24) is 15.1 Å². The van der Waals surface area contributed by atoms with Gasteiger partial charge in [0.25, 0.3) is 5.91 Å². The number of nitrogens with zero attached hydrogens (tertiary/aromatic N) is 2. The van der Waals surface area contributed by atoms with Gasteiger partial charge in [-0.05, 0) is 35.4 Å². The van der Waals surface area contributed by atoms with E-state index in [1.807, 2.05) is 38.1 Å². The van der Waals surface area contributed by atoms with Crippen LogP contribution in [-0.4, -0.2) is 59.7 Å². The maximum absolute atomic E-state index is 13.1. The lowest BCUT2D eigenvalue weighted by Gasteiger charge is -2.29. The molecule has 1 N–H and O–H groups in total. The Morgan fingerprint density at radius 3 is 2.00 bits per heavy atom. The molecule has 3 amide bonds. The second-order valence-corrected chi connectivity index (χ2v) is 9.21. The first-order valence-electron chi connectivity index (χ1n) is 10.5. The van der Waals surface area contributed by atoms with E-state index >= 15 is 0 Å². The molecule has 160 valence electrons. The highest BCUT2D eigenvalue weighted by Gasteiger charge is 2.30. The number of amides is 3. The van der Waals surface area contributed by atoms with Crippen LogP contribution in [-0.2, 0) is 15.0 Å². The first kappa shape index (κ1) is 22.9. The number of carbonyl (C=O) groups excluding carboxylic acids is 3. The van der Waals surface area contributed by atoms with Crippen LogP contribution < -0.4 is 5.32 Å². The summed E-state index contributed by atoms with van der Waals surface area (Å²) in [6, 6.07) is 6.97. The van der Waals surface area contributed by atoms with E-state index in [9.17, 15) is 14.4 Å². The van der Waals surface area contributed by atoms with Crippen molar-refractivity contribution in [1.29, 1.82) is 0 Å². The molecule has 1 aromatic rings. The zero-order valence-corrected chi connectivity index (χ0v) is 18.6. The monoisotopic (exact) mass is 401 g/mol. The average molecular weight is 402 g/mol. The van der Waals surface area contributed by atoms with E-state index < -0.39 is 6.04 Å². The predicted molar refractivity (Wildman–Crippen MR) is 115 cm³/mol. The summed E-state index contributed by atoms with van der Waals surface area (Å²) in [6.45, 7) is 14.1. The summed E-state index contributed by atoms with van der Waals surface area (Å²) in [5.74, 6) is -0.318. The van der Waals surface area contributed by atoms with E-state index in [-0.39, 0.29) is 29.1 Å². The third-order valence-corrected chi connectivity index (χ3v) is 5.49. The molecule has 0 spiro atoms. The second kappa shape index (κ2) is 9.42. The highest BCUT2D eigenvalue weighted by molar-refractivity contribution is 5.97. The minimum atomic E-state index is -0.589. The molecular formula is C23H35N3O3. The van der Waals surface area contributed by atoms with Gasteiger partial charge in [-0.1, -0.05) is 46.8 Å². The number of rotatable bonds is 4. The Morgan fingerprint density at radius 2 is 1.48 bits per heavy atom. The summed E-state index contributed by atoms with van der Waals surface area (Å²) < 4.78 is 0. The minimum Gasteiger partial charge on any atom is -0.341 e. The molecule has 1 fully saturated rings. The first-order valence-corrected chi connectivity index (χ1v) is 10.5. The van der Waals surface area contributed by atoms with Crippen LogP contribution in [0, 0.1) is 5.92 Å². The van der Waals surface area contributed by atoms with E-state index in [2.05, 4.69) is 26.1 Å². The SMILES string of the molecule is CC(=O)N1CCCN(C(=O)C(NC(=O)c2ccc(C(C)(C)C)cc2)C(C)C)CC1. The molecule has 1 saturated heterocycles. The third-order valence-electron chi connectivity index (χ3n) is 5.49. The molecule has 0 aliphatic carbocycles. The Bertz CT molecular complexity index is 735. The van der Waals surface area contributed by atoms with Crippen LogP contribution in [0.15, 0.2) is 24.3 Å². The largest absolute Gasteiger partial charge is 0.341 e. The Balaban J connectivity index is 2.08. The van der Waals surface area contributed by atoms with Crippen molar-refractivity contribution in [3.63, 3.8) is 0 Å². The lowest BCUT2D eigenvalue weighted by atomic mass is 9.86. The maximum Gasteiger partial charge on any atom is 0.251 e. The van der Waals surface area contributed by atoms with Gasteiger partial charge >= 0.3 is 0 Å². The standard InChI is InChI=1S/C23H35N3O3/c1-16(2)20(22(29)26-13-7-12-25(14-15-26)17(3)27)24-21(28)18-8-10-19(11-9-18)23(4,5)6/h8-11,16,20H,7,12-15H2,1-6H3,(H,24,28). The summed E-state index contributed by atoms with van der Waals surface area (Å²) in [5, 5.41) is 2.93. The highest BCUT2D eigenvalue weighted by Crippen LogP contribution is 2.22. The van der Waals surface area contributed by atoms with Crippen molar-refractivity contribution in [2.75, 3.05) is 26.2 Å². The quantitative estimate of drug-likeness (QED) is 0.843. The van der Waals surface area contributed by atoms with Gasteiger partial charge < -0.3 is 15.1 Å². The van der Waals surface area contributed by atoms with E-state index in [0.29, 0.717) is 31.7 Å². The molecule has 1 unspecified atom stereocenters. The first-order chi connectivity index (χ1) is 13.5. The lowest BCUT2D eigenvalue weighted by molar-refractivity contribution is -0.135. The molecule has 1 heterocycles. The van der Waals surface area contributed by atoms with Gasteiger partial charge in [0, 0.05) is 38.7 Å². The van der Waals surface area contributed by atoms with Crippen LogP contribution in [0.25, 0.3) is 0 Å². The lowest BCUT2D eigenvalue weighted by Crippen LogP contribution is -2.52. The maximum atomic E-state index is 13.1. The van der Waals surface area contributed by atoms with Gasteiger partial charge in [0.1, 0.15) is 6.04 Å². The summed E-state index contributed by atoms with van der Waals surface area (Å²) in [4.78, 5) is 41.1. The normalized spacial score (nSPS) is 16.4.